The molecule has 1 aromatic heterocycles. The Morgan fingerprint density at radius 1 is 1.33 bits per heavy atom. The van der Waals surface area contributed by atoms with Gasteiger partial charge in [0.25, 0.3) is 5.91 Å². The molecule has 1 aromatic carbocycles. The van der Waals surface area contributed by atoms with Crippen molar-refractivity contribution in [3.8, 4) is 5.75 Å². The molecule has 0 unspecified atom stereocenters. The van der Waals surface area contributed by atoms with Crippen LogP contribution in [0.3, 0.4) is 0 Å². The quantitative estimate of drug-likeness (QED) is 0.775. The van der Waals surface area contributed by atoms with Crippen molar-refractivity contribution >= 4 is 29.0 Å². The summed E-state index contributed by atoms with van der Waals surface area (Å²) in [5.41, 5.74) is 6.10. The highest BCUT2D eigenvalue weighted by atomic mass is 35.5. The fourth-order valence-electron chi connectivity index (χ4n) is 1.36. The van der Waals surface area contributed by atoms with E-state index in [0.717, 1.165) is 0 Å². The number of anilines is 2. The van der Waals surface area contributed by atoms with E-state index in [1.165, 1.54) is 24.4 Å². The molecule has 4 N–H and O–H groups in total. The van der Waals surface area contributed by atoms with Gasteiger partial charge in [-0.3, -0.25) is 4.79 Å². The summed E-state index contributed by atoms with van der Waals surface area (Å²) in [6, 6.07) is 7.44. The topological polar surface area (TPSA) is 88.2 Å². The molecule has 0 spiro atoms. The Bertz CT molecular complexity index is 584. The Balaban J connectivity index is 2.19. The van der Waals surface area contributed by atoms with Crippen molar-refractivity contribution in [2.45, 2.75) is 0 Å². The third-order valence-corrected chi connectivity index (χ3v) is 2.47. The molecule has 0 saturated heterocycles. The predicted octanol–water partition coefficient (Wildman–Crippen LogP) is 2.28. The van der Waals surface area contributed by atoms with E-state index in [1.807, 2.05) is 0 Å². The minimum absolute atomic E-state index is 0.123. The first-order valence-electron chi connectivity index (χ1n) is 5.07. The molecule has 0 aliphatic rings. The number of amides is 1. The normalized spacial score (nSPS) is 10.1. The van der Waals surface area contributed by atoms with Crippen LogP contribution in [0.2, 0.25) is 5.02 Å². The number of nitrogens with one attached hydrogen (secondary N) is 1. The Labute approximate surface area is 108 Å². The zero-order chi connectivity index (χ0) is 13.1. The number of phenols is 1. The van der Waals surface area contributed by atoms with E-state index in [4.69, 9.17) is 17.3 Å². The maximum absolute atomic E-state index is 11.8. The van der Waals surface area contributed by atoms with E-state index in [1.54, 1.807) is 12.1 Å². The number of nitrogen functional groups attached to an aromatic ring is 1. The van der Waals surface area contributed by atoms with Gasteiger partial charge in [-0.15, -0.1) is 0 Å². The van der Waals surface area contributed by atoms with Gasteiger partial charge in [-0.2, -0.15) is 0 Å². The second-order valence-corrected chi connectivity index (χ2v) is 4.03. The predicted molar refractivity (Wildman–Crippen MR) is 69.7 cm³/mol. The number of nitrogens with zero attached hydrogens (tertiary/aromatic N) is 1. The highest BCUT2D eigenvalue weighted by Crippen LogP contribution is 2.22. The maximum atomic E-state index is 11.8. The number of nitrogens with two attached hydrogens (primary N) is 1. The molecule has 2 aromatic rings. The molecule has 6 heteroatoms. The van der Waals surface area contributed by atoms with E-state index in [2.05, 4.69) is 10.3 Å². The largest absolute Gasteiger partial charge is 0.507 e. The second-order valence-electron chi connectivity index (χ2n) is 3.59. The lowest BCUT2D eigenvalue weighted by Gasteiger charge is -2.06. The monoisotopic (exact) mass is 263 g/mol. The molecule has 5 nitrogen and oxygen atoms in total. The van der Waals surface area contributed by atoms with Gasteiger partial charge in [0.15, 0.2) is 0 Å². The van der Waals surface area contributed by atoms with E-state index in [-0.39, 0.29) is 11.3 Å². The molecule has 1 heterocycles. The van der Waals surface area contributed by atoms with Crippen molar-refractivity contribution in [3.05, 3.63) is 47.1 Å². The van der Waals surface area contributed by atoms with Crippen molar-refractivity contribution < 1.29 is 9.90 Å². The number of hydrogen-bond donors (Lipinski definition) is 3. The third-order valence-electron chi connectivity index (χ3n) is 2.23. The number of aromatic hydroxyl groups is 1. The second kappa shape index (κ2) is 4.93. The van der Waals surface area contributed by atoms with Crippen LogP contribution in [-0.4, -0.2) is 16.0 Å². The van der Waals surface area contributed by atoms with Crippen LogP contribution in [0.4, 0.5) is 11.5 Å². The molecule has 0 radical (unpaired) electrons. The number of halogens is 1. The van der Waals surface area contributed by atoms with Crippen molar-refractivity contribution in [1.82, 2.24) is 4.98 Å². The van der Waals surface area contributed by atoms with Crippen molar-refractivity contribution in [1.29, 1.82) is 0 Å². The number of hydrogen-bond acceptors (Lipinski definition) is 4. The molecule has 0 fully saturated rings. The lowest BCUT2D eigenvalue weighted by atomic mass is 10.2. The molecular weight excluding hydrogens is 254 g/mol. The summed E-state index contributed by atoms with van der Waals surface area (Å²) in [6.07, 6.45) is 1.43. The van der Waals surface area contributed by atoms with E-state index in [0.29, 0.717) is 16.5 Å². The van der Waals surface area contributed by atoms with Gasteiger partial charge in [-0.25, -0.2) is 4.98 Å². The van der Waals surface area contributed by atoms with E-state index >= 15 is 0 Å². The van der Waals surface area contributed by atoms with Gasteiger partial charge in [-0.05, 0) is 30.3 Å². The van der Waals surface area contributed by atoms with Crippen molar-refractivity contribution in [2.24, 2.45) is 0 Å². The third kappa shape index (κ3) is 2.70. The lowest BCUT2D eigenvalue weighted by Crippen LogP contribution is -2.13. The van der Waals surface area contributed by atoms with Crippen LogP contribution in [0.1, 0.15) is 10.4 Å². The van der Waals surface area contributed by atoms with Gasteiger partial charge in [0.1, 0.15) is 11.6 Å². The standard InChI is InChI=1S/C12H10ClN3O2/c13-7-1-3-9(10(17)5-7)12(18)16-11-4-2-8(14)6-15-11/h1-6,17H,14H2,(H,15,16,18). The summed E-state index contributed by atoms with van der Waals surface area (Å²) in [7, 11) is 0. The maximum Gasteiger partial charge on any atom is 0.260 e. The van der Waals surface area contributed by atoms with Crippen LogP contribution >= 0.6 is 11.6 Å². The zero-order valence-electron chi connectivity index (χ0n) is 9.22. The summed E-state index contributed by atoms with van der Waals surface area (Å²) in [6.45, 7) is 0. The molecule has 0 saturated carbocycles. The molecule has 0 atom stereocenters. The van der Waals surface area contributed by atoms with Crippen LogP contribution < -0.4 is 11.1 Å². The Hall–Kier alpha value is -2.27. The number of aromatic nitrogens is 1. The Morgan fingerprint density at radius 3 is 2.72 bits per heavy atom. The molecule has 92 valence electrons. The van der Waals surface area contributed by atoms with E-state index < -0.39 is 5.91 Å². The van der Waals surface area contributed by atoms with Crippen LogP contribution in [0.5, 0.6) is 5.75 Å². The van der Waals surface area contributed by atoms with Gasteiger partial charge < -0.3 is 16.2 Å². The summed E-state index contributed by atoms with van der Waals surface area (Å²) in [4.78, 5) is 15.8. The van der Waals surface area contributed by atoms with Crippen molar-refractivity contribution in [3.63, 3.8) is 0 Å². The van der Waals surface area contributed by atoms with Gasteiger partial charge in [0.2, 0.25) is 0 Å². The summed E-state index contributed by atoms with van der Waals surface area (Å²) < 4.78 is 0. The molecular formula is C12H10ClN3O2. The van der Waals surface area contributed by atoms with Gasteiger partial charge >= 0.3 is 0 Å². The van der Waals surface area contributed by atoms with Gasteiger partial charge in [-0.1, -0.05) is 11.6 Å². The number of carbonyl (C=O) groups is 1. The molecule has 0 bridgehead atoms. The fourth-order valence-corrected chi connectivity index (χ4v) is 1.53. The average Bonchev–Trinajstić information content (AvgIpc) is 2.32. The number of phenolic OH excluding ortho intramolecular Hbond substituents is 1. The average molecular weight is 264 g/mol. The summed E-state index contributed by atoms with van der Waals surface area (Å²) in [5, 5.41) is 12.5. The van der Waals surface area contributed by atoms with Crippen LogP contribution in [-0.2, 0) is 0 Å². The van der Waals surface area contributed by atoms with Gasteiger partial charge in [0, 0.05) is 5.02 Å². The number of benzene rings is 1. The fraction of sp³-hybridized carbons (Fsp3) is 0. The summed E-state index contributed by atoms with van der Waals surface area (Å²) in [5.74, 6) is -0.305. The SMILES string of the molecule is Nc1ccc(NC(=O)c2ccc(Cl)cc2O)nc1. The minimum atomic E-state index is -0.471. The molecule has 0 aliphatic carbocycles. The zero-order valence-corrected chi connectivity index (χ0v) is 9.98. The molecule has 2 rings (SSSR count). The first kappa shape index (κ1) is 12.2. The van der Waals surface area contributed by atoms with Crippen LogP contribution in [0.25, 0.3) is 0 Å². The Morgan fingerprint density at radius 2 is 2.11 bits per heavy atom. The highest BCUT2D eigenvalue weighted by Gasteiger charge is 2.11. The van der Waals surface area contributed by atoms with E-state index in [9.17, 15) is 9.90 Å². The molecule has 1 amide bonds. The highest BCUT2D eigenvalue weighted by molar-refractivity contribution is 6.30. The van der Waals surface area contributed by atoms with Gasteiger partial charge in [0.05, 0.1) is 17.4 Å². The number of carbonyl (C=O) groups excluding carboxylic acids is 1. The van der Waals surface area contributed by atoms with Crippen molar-refractivity contribution in [2.75, 3.05) is 11.1 Å². The van der Waals surface area contributed by atoms with Crippen LogP contribution in [0, 0.1) is 0 Å². The minimum Gasteiger partial charge on any atom is -0.507 e. The molecule has 18 heavy (non-hydrogen) atoms. The van der Waals surface area contributed by atoms with Crippen LogP contribution in [0.15, 0.2) is 36.5 Å². The number of rotatable bonds is 2. The first-order chi connectivity index (χ1) is 8.56. The molecule has 0 aliphatic heterocycles. The lowest BCUT2D eigenvalue weighted by molar-refractivity contribution is 0.102. The smallest absolute Gasteiger partial charge is 0.260 e. The summed E-state index contributed by atoms with van der Waals surface area (Å²) >= 11 is 5.68. The number of pyridine rings is 1. The first-order valence-corrected chi connectivity index (χ1v) is 5.45. The Kier molecular flexibility index (Phi) is 3.34.